The Balaban J connectivity index is 1.97. The highest BCUT2D eigenvalue weighted by molar-refractivity contribution is 5.65. The molecule has 1 aromatic heterocycles. The summed E-state index contributed by atoms with van der Waals surface area (Å²) >= 11 is 0. The molecule has 0 fully saturated rings. The predicted octanol–water partition coefficient (Wildman–Crippen LogP) is 3.88. The number of nitrogens with zero attached hydrogens (tertiary/aromatic N) is 2. The van der Waals surface area contributed by atoms with Gasteiger partial charge in [0, 0.05) is 24.0 Å². The number of aryl methyl sites for hydroxylation is 2. The zero-order chi connectivity index (χ0) is 14.8. The van der Waals surface area contributed by atoms with Crippen molar-refractivity contribution in [1.82, 2.24) is 4.98 Å². The fourth-order valence-corrected chi connectivity index (χ4v) is 3.09. The number of nitrogens with two attached hydrogens (primary N) is 1. The first-order valence-electron chi connectivity index (χ1n) is 7.79. The van der Waals surface area contributed by atoms with E-state index in [2.05, 4.69) is 55.1 Å². The second-order valence-corrected chi connectivity index (χ2v) is 5.74. The molecule has 0 bridgehead atoms. The Labute approximate surface area is 126 Å². The average Bonchev–Trinajstić information content (AvgIpc) is 2.53. The molecule has 0 unspecified atom stereocenters. The van der Waals surface area contributed by atoms with Crippen LogP contribution in [0, 0.1) is 6.92 Å². The van der Waals surface area contributed by atoms with Gasteiger partial charge in [-0.3, -0.25) is 0 Å². The molecule has 21 heavy (non-hydrogen) atoms. The second kappa shape index (κ2) is 5.86. The van der Waals surface area contributed by atoms with E-state index in [9.17, 15) is 0 Å². The fourth-order valence-electron chi connectivity index (χ4n) is 3.09. The number of fused-ring (bicyclic) bond motifs is 1. The topological polar surface area (TPSA) is 42.1 Å². The fraction of sp³-hybridized carbons (Fsp3) is 0.389. The van der Waals surface area contributed by atoms with Gasteiger partial charge in [-0.05, 0) is 49.4 Å². The van der Waals surface area contributed by atoms with Gasteiger partial charge in [-0.15, -0.1) is 0 Å². The molecule has 110 valence electrons. The number of rotatable bonds is 3. The van der Waals surface area contributed by atoms with Gasteiger partial charge in [-0.25, -0.2) is 4.98 Å². The molecule has 2 aromatic rings. The summed E-state index contributed by atoms with van der Waals surface area (Å²) in [4.78, 5) is 7.14. The SMILES string of the molecule is CC[C@H](N)c1ccc(N2CCCc3ccccc32)nc1C. The molecule has 0 saturated carbocycles. The minimum Gasteiger partial charge on any atom is -0.326 e. The summed E-state index contributed by atoms with van der Waals surface area (Å²) in [6.45, 7) is 5.20. The highest BCUT2D eigenvalue weighted by Gasteiger charge is 2.19. The van der Waals surface area contributed by atoms with Gasteiger partial charge in [0.1, 0.15) is 5.82 Å². The van der Waals surface area contributed by atoms with E-state index < -0.39 is 0 Å². The maximum absolute atomic E-state index is 6.15. The van der Waals surface area contributed by atoms with E-state index in [1.807, 2.05) is 0 Å². The van der Waals surface area contributed by atoms with E-state index in [0.717, 1.165) is 36.5 Å². The van der Waals surface area contributed by atoms with Crippen molar-refractivity contribution >= 4 is 11.5 Å². The minimum absolute atomic E-state index is 0.0835. The Morgan fingerprint density at radius 2 is 2.05 bits per heavy atom. The van der Waals surface area contributed by atoms with Gasteiger partial charge >= 0.3 is 0 Å². The third kappa shape index (κ3) is 2.66. The van der Waals surface area contributed by atoms with E-state index in [1.54, 1.807) is 0 Å². The molecule has 3 rings (SSSR count). The number of aromatic nitrogens is 1. The highest BCUT2D eigenvalue weighted by atomic mass is 15.2. The van der Waals surface area contributed by atoms with Crippen molar-refractivity contribution in [1.29, 1.82) is 0 Å². The third-order valence-electron chi connectivity index (χ3n) is 4.34. The van der Waals surface area contributed by atoms with Crippen molar-refractivity contribution in [3.05, 3.63) is 53.2 Å². The van der Waals surface area contributed by atoms with Gasteiger partial charge in [0.25, 0.3) is 0 Å². The molecule has 0 radical (unpaired) electrons. The smallest absolute Gasteiger partial charge is 0.133 e. The monoisotopic (exact) mass is 281 g/mol. The Hall–Kier alpha value is -1.87. The molecule has 1 aliphatic rings. The standard InChI is InChI=1S/C18H23N3/c1-3-16(19)15-10-11-18(20-13(15)2)21-12-6-8-14-7-4-5-9-17(14)21/h4-5,7,9-11,16H,3,6,8,12,19H2,1-2H3/t16-/m0/s1. The van der Waals surface area contributed by atoms with E-state index in [1.165, 1.54) is 17.7 Å². The maximum atomic E-state index is 6.15. The lowest BCUT2D eigenvalue weighted by Crippen LogP contribution is -2.25. The van der Waals surface area contributed by atoms with Crippen molar-refractivity contribution in [2.24, 2.45) is 5.73 Å². The third-order valence-corrected chi connectivity index (χ3v) is 4.34. The molecule has 1 aliphatic heterocycles. The largest absolute Gasteiger partial charge is 0.326 e. The van der Waals surface area contributed by atoms with Crippen LogP contribution in [0.5, 0.6) is 0 Å². The number of para-hydroxylation sites is 1. The minimum atomic E-state index is 0.0835. The molecule has 0 saturated heterocycles. The first-order chi connectivity index (χ1) is 10.2. The molecule has 3 nitrogen and oxygen atoms in total. The number of hydrogen-bond acceptors (Lipinski definition) is 3. The van der Waals surface area contributed by atoms with Crippen LogP contribution in [0.2, 0.25) is 0 Å². The molecule has 0 spiro atoms. The lowest BCUT2D eigenvalue weighted by Gasteiger charge is -2.31. The summed E-state index contributed by atoms with van der Waals surface area (Å²) in [5.41, 5.74) is 11.1. The summed E-state index contributed by atoms with van der Waals surface area (Å²) in [7, 11) is 0. The summed E-state index contributed by atoms with van der Waals surface area (Å²) in [6.07, 6.45) is 3.27. The van der Waals surface area contributed by atoms with Crippen molar-refractivity contribution in [3.8, 4) is 0 Å². The van der Waals surface area contributed by atoms with Crippen molar-refractivity contribution in [2.75, 3.05) is 11.4 Å². The maximum Gasteiger partial charge on any atom is 0.133 e. The summed E-state index contributed by atoms with van der Waals surface area (Å²) in [6, 6.07) is 13.0. The lowest BCUT2D eigenvalue weighted by molar-refractivity contribution is 0.687. The van der Waals surface area contributed by atoms with Gasteiger partial charge in [0.05, 0.1) is 0 Å². The molecule has 1 aromatic carbocycles. The summed E-state index contributed by atoms with van der Waals surface area (Å²) < 4.78 is 0. The van der Waals surface area contributed by atoms with Crippen LogP contribution in [0.1, 0.15) is 42.6 Å². The molecule has 0 amide bonds. The van der Waals surface area contributed by atoms with Crippen LogP contribution in [0.4, 0.5) is 11.5 Å². The van der Waals surface area contributed by atoms with Crippen LogP contribution in [-0.4, -0.2) is 11.5 Å². The van der Waals surface area contributed by atoms with Gasteiger partial charge in [-0.2, -0.15) is 0 Å². The molecular weight excluding hydrogens is 258 g/mol. The Bertz CT molecular complexity index is 636. The number of hydrogen-bond donors (Lipinski definition) is 1. The molecule has 0 aliphatic carbocycles. The number of benzene rings is 1. The molecule has 1 atom stereocenters. The zero-order valence-corrected chi connectivity index (χ0v) is 12.8. The Kier molecular flexibility index (Phi) is 3.93. The Morgan fingerprint density at radius 1 is 1.24 bits per heavy atom. The van der Waals surface area contributed by atoms with Crippen LogP contribution >= 0.6 is 0 Å². The predicted molar refractivity (Wildman–Crippen MR) is 88.0 cm³/mol. The van der Waals surface area contributed by atoms with Crippen LogP contribution < -0.4 is 10.6 Å². The normalized spacial score (nSPS) is 15.7. The van der Waals surface area contributed by atoms with Crippen LogP contribution in [0.15, 0.2) is 36.4 Å². The van der Waals surface area contributed by atoms with E-state index in [0.29, 0.717) is 0 Å². The first kappa shape index (κ1) is 14.1. The van der Waals surface area contributed by atoms with E-state index >= 15 is 0 Å². The Morgan fingerprint density at radius 3 is 2.81 bits per heavy atom. The summed E-state index contributed by atoms with van der Waals surface area (Å²) in [5, 5.41) is 0. The van der Waals surface area contributed by atoms with Crippen LogP contribution in [0.3, 0.4) is 0 Å². The molecular formula is C18H23N3. The zero-order valence-electron chi connectivity index (χ0n) is 12.8. The van der Waals surface area contributed by atoms with Crippen molar-refractivity contribution in [3.63, 3.8) is 0 Å². The van der Waals surface area contributed by atoms with Crippen molar-refractivity contribution < 1.29 is 0 Å². The van der Waals surface area contributed by atoms with Crippen LogP contribution in [-0.2, 0) is 6.42 Å². The average molecular weight is 281 g/mol. The van der Waals surface area contributed by atoms with Gasteiger partial charge in [0.2, 0.25) is 0 Å². The van der Waals surface area contributed by atoms with Gasteiger partial charge in [0.15, 0.2) is 0 Å². The lowest BCUT2D eigenvalue weighted by atomic mass is 10.0. The number of anilines is 2. The van der Waals surface area contributed by atoms with E-state index in [-0.39, 0.29) is 6.04 Å². The molecule has 2 N–H and O–H groups in total. The quantitative estimate of drug-likeness (QED) is 0.928. The van der Waals surface area contributed by atoms with Crippen molar-refractivity contribution in [2.45, 2.75) is 39.2 Å². The molecule has 3 heteroatoms. The van der Waals surface area contributed by atoms with E-state index in [4.69, 9.17) is 10.7 Å². The molecule has 2 heterocycles. The second-order valence-electron chi connectivity index (χ2n) is 5.74. The van der Waals surface area contributed by atoms with Crippen LogP contribution in [0.25, 0.3) is 0 Å². The highest BCUT2D eigenvalue weighted by Crippen LogP contribution is 2.33. The number of pyridine rings is 1. The van der Waals surface area contributed by atoms with Gasteiger partial charge in [-0.1, -0.05) is 31.2 Å². The summed E-state index contributed by atoms with van der Waals surface area (Å²) in [5.74, 6) is 1.03. The van der Waals surface area contributed by atoms with Gasteiger partial charge < -0.3 is 10.6 Å². The first-order valence-corrected chi connectivity index (χ1v) is 7.79.